The molecule has 0 aliphatic carbocycles. The van der Waals surface area contributed by atoms with E-state index in [9.17, 15) is 9.18 Å². The fourth-order valence-electron chi connectivity index (χ4n) is 1.51. The van der Waals surface area contributed by atoms with E-state index in [1.54, 1.807) is 36.4 Å². The minimum atomic E-state index is -0.532. The van der Waals surface area contributed by atoms with Gasteiger partial charge in [0.15, 0.2) is 0 Å². The Hall–Kier alpha value is -2.52. The van der Waals surface area contributed by atoms with Gasteiger partial charge in [-0.25, -0.2) is 9.18 Å². The second-order valence-electron chi connectivity index (χ2n) is 3.78. The highest BCUT2D eigenvalue weighted by atomic mass is 32.2. The first kappa shape index (κ1) is 13.9. The number of nitriles is 1. The molecule has 100 valence electrons. The number of para-hydroxylation sites is 1. The van der Waals surface area contributed by atoms with Crippen LogP contribution in [0.25, 0.3) is 0 Å². The lowest BCUT2D eigenvalue weighted by atomic mass is 10.3. The van der Waals surface area contributed by atoms with E-state index < -0.39 is 11.8 Å². The van der Waals surface area contributed by atoms with Crippen LogP contribution in [0.15, 0.2) is 53.4 Å². The normalized spacial score (nSPS) is 9.60. The van der Waals surface area contributed by atoms with E-state index in [2.05, 4.69) is 10.6 Å². The third kappa shape index (κ3) is 3.73. The van der Waals surface area contributed by atoms with Gasteiger partial charge < -0.3 is 10.6 Å². The van der Waals surface area contributed by atoms with E-state index in [0.29, 0.717) is 5.69 Å². The Morgan fingerprint density at radius 3 is 2.45 bits per heavy atom. The van der Waals surface area contributed by atoms with Crippen LogP contribution in [0.2, 0.25) is 0 Å². The number of benzene rings is 2. The van der Waals surface area contributed by atoms with Gasteiger partial charge in [-0.1, -0.05) is 12.1 Å². The Morgan fingerprint density at radius 2 is 1.80 bits per heavy atom. The zero-order valence-electron chi connectivity index (χ0n) is 10.3. The van der Waals surface area contributed by atoms with E-state index in [0.717, 1.165) is 16.7 Å². The number of thioether (sulfide) groups is 1. The van der Waals surface area contributed by atoms with Crippen LogP contribution in [0.5, 0.6) is 0 Å². The quantitative estimate of drug-likeness (QED) is 0.661. The third-order valence-corrected chi connectivity index (χ3v) is 3.00. The molecule has 0 radical (unpaired) electrons. The summed E-state index contributed by atoms with van der Waals surface area (Å²) in [7, 11) is 0. The lowest BCUT2D eigenvalue weighted by Gasteiger charge is -2.08. The van der Waals surface area contributed by atoms with Gasteiger partial charge in [-0.05, 0) is 48.2 Å². The number of nitrogens with zero attached hydrogens (tertiary/aromatic N) is 1. The van der Waals surface area contributed by atoms with E-state index in [4.69, 9.17) is 5.26 Å². The molecule has 2 aromatic rings. The molecule has 0 spiro atoms. The number of anilines is 2. The lowest BCUT2D eigenvalue weighted by molar-refractivity contribution is 0.262. The minimum Gasteiger partial charge on any atom is -0.308 e. The zero-order valence-corrected chi connectivity index (χ0v) is 11.1. The largest absolute Gasteiger partial charge is 0.323 e. The topological polar surface area (TPSA) is 64.9 Å². The second-order valence-corrected chi connectivity index (χ2v) is 4.63. The molecule has 0 aliphatic rings. The summed E-state index contributed by atoms with van der Waals surface area (Å²) >= 11 is 1.04. The van der Waals surface area contributed by atoms with E-state index in [1.807, 2.05) is 5.40 Å². The molecule has 0 unspecified atom stereocenters. The van der Waals surface area contributed by atoms with Crippen LogP contribution in [0.3, 0.4) is 0 Å². The van der Waals surface area contributed by atoms with Crippen molar-refractivity contribution in [1.82, 2.24) is 0 Å². The van der Waals surface area contributed by atoms with Gasteiger partial charge in [0.05, 0.1) is 5.69 Å². The number of urea groups is 1. The van der Waals surface area contributed by atoms with Crippen molar-refractivity contribution < 1.29 is 9.18 Å². The van der Waals surface area contributed by atoms with Crippen LogP contribution < -0.4 is 10.6 Å². The highest BCUT2D eigenvalue weighted by Crippen LogP contribution is 2.19. The first-order valence-corrected chi connectivity index (χ1v) is 6.49. The lowest BCUT2D eigenvalue weighted by Crippen LogP contribution is -2.19. The van der Waals surface area contributed by atoms with Gasteiger partial charge in [0.1, 0.15) is 11.2 Å². The number of carbonyl (C=O) groups is 1. The summed E-state index contributed by atoms with van der Waals surface area (Å²) in [5, 5.41) is 15.5. The second kappa shape index (κ2) is 6.59. The number of rotatable bonds is 3. The molecule has 0 atom stereocenters. The van der Waals surface area contributed by atoms with Crippen LogP contribution in [0.1, 0.15) is 0 Å². The Morgan fingerprint density at radius 1 is 1.10 bits per heavy atom. The van der Waals surface area contributed by atoms with E-state index in [-0.39, 0.29) is 5.69 Å². The molecule has 0 heterocycles. The monoisotopic (exact) mass is 287 g/mol. The van der Waals surface area contributed by atoms with Crippen molar-refractivity contribution in [2.75, 3.05) is 10.6 Å². The van der Waals surface area contributed by atoms with Crippen molar-refractivity contribution >= 4 is 29.2 Å². The molecule has 0 saturated heterocycles. The minimum absolute atomic E-state index is 0.113. The highest BCUT2D eigenvalue weighted by Gasteiger charge is 2.06. The van der Waals surface area contributed by atoms with Crippen molar-refractivity contribution in [3.63, 3.8) is 0 Å². The average Bonchev–Trinajstić information content (AvgIpc) is 2.44. The van der Waals surface area contributed by atoms with Gasteiger partial charge in [0.25, 0.3) is 0 Å². The van der Waals surface area contributed by atoms with Gasteiger partial charge in [-0.15, -0.1) is 0 Å². The molecule has 0 saturated carbocycles. The number of nitrogens with one attached hydrogen (secondary N) is 2. The Bertz CT molecular complexity index is 652. The van der Waals surface area contributed by atoms with Gasteiger partial charge >= 0.3 is 6.03 Å². The molecular weight excluding hydrogens is 277 g/mol. The molecule has 0 fully saturated rings. The maximum atomic E-state index is 13.4. The Balaban J connectivity index is 1.98. The molecule has 6 heteroatoms. The molecule has 0 aliphatic heterocycles. The molecule has 2 amide bonds. The molecule has 4 nitrogen and oxygen atoms in total. The van der Waals surface area contributed by atoms with Gasteiger partial charge in [-0.3, -0.25) is 0 Å². The highest BCUT2D eigenvalue weighted by molar-refractivity contribution is 8.03. The van der Waals surface area contributed by atoms with Gasteiger partial charge in [-0.2, -0.15) is 5.26 Å². The smallest absolute Gasteiger partial charge is 0.308 e. The summed E-state index contributed by atoms with van der Waals surface area (Å²) in [4.78, 5) is 12.5. The van der Waals surface area contributed by atoms with E-state index in [1.165, 1.54) is 12.1 Å². The maximum absolute atomic E-state index is 13.4. The van der Waals surface area contributed by atoms with Gasteiger partial charge in [0.2, 0.25) is 0 Å². The number of amides is 2. The van der Waals surface area contributed by atoms with Crippen molar-refractivity contribution in [1.29, 1.82) is 5.26 Å². The molecule has 20 heavy (non-hydrogen) atoms. The summed E-state index contributed by atoms with van der Waals surface area (Å²) in [5.74, 6) is -0.497. The van der Waals surface area contributed by atoms with Crippen molar-refractivity contribution in [2.24, 2.45) is 0 Å². The molecule has 0 aromatic heterocycles. The third-order valence-electron chi connectivity index (χ3n) is 2.40. The molecule has 2 aromatic carbocycles. The summed E-state index contributed by atoms with van der Waals surface area (Å²) in [5.41, 5.74) is 0.669. The summed E-state index contributed by atoms with van der Waals surface area (Å²) in [6, 6.07) is 12.2. The standard InChI is InChI=1S/C14H10FN3OS/c15-12-3-1-2-4-13(12)18-14(19)17-10-5-7-11(8-6-10)20-9-16/h1-8H,(H2,17,18,19). The number of carbonyl (C=O) groups excluding carboxylic acids is 1. The average molecular weight is 287 g/mol. The zero-order chi connectivity index (χ0) is 14.4. The fourth-order valence-corrected chi connectivity index (χ4v) is 1.88. The van der Waals surface area contributed by atoms with Crippen LogP contribution >= 0.6 is 11.8 Å². The maximum Gasteiger partial charge on any atom is 0.323 e. The predicted octanol–water partition coefficient (Wildman–Crippen LogP) is 4.04. The summed E-state index contributed by atoms with van der Waals surface area (Å²) in [6.45, 7) is 0. The number of halogens is 1. The van der Waals surface area contributed by atoms with Gasteiger partial charge in [0, 0.05) is 10.6 Å². The SMILES string of the molecule is N#CSc1ccc(NC(=O)Nc2ccccc2F)cc1. The number of thiocyanates is 1. The fraction of sp³-hybridized carbons (Fsp3) is 0. The Labute approximate surface area is 119 Å². The molecule has 2 N–H and O–H groups in total. The Kier molecular flexibility index (Phi) is 4.58. The van der Waals surface area contributed by atoms with Crippen LogP contribution in [-0.2, 0) is 0 Å². The number of hydrogen-bond acceptors (Lipinski definition) is 3. The predicted molar refractivity (Wildman–Crippen MR) is 77.0 cm³/mol. The van der Waals surface area contributed by atoms with E-state index >= 15 is 0 Å². The molecule has 2 rings (SSSR count). The van der Waals surface area contributed by atoms with Crippen molar-refractivity contribution in [3.8, 4) is 5.40 Å². The number of hydrogen-bond donors (Lipinski definition) is 2. The summed E-state index contributed by atoms with van der Waals surface area (Å²) in [6.07, 6.45) is 0. The van der Waals surface area contributed by atoms with Crippen molar-refractivity contribution in [3.05, 3.63) is 54.3 Å². The van der Waals surface area contributed by atoms with Crippen LogP contribution in [-0.4, -0.2) is 6.03 Å². The van der Waals surface area contributed by atoms with Crippen molar-refractivity contribution in [2.45, 2.75) is 4.90 Å². The molecule has 0 bridgehead atoms. The van der Waals surface area contributed by atoms with Crippen LogP contribution in [0, 0.1) is 16.5 Å². The molecular formula is C14H10FN3OS. The first-order chi connectivity index (χ1) is 9.69. The summed E-state index contributed by atoms with van der Waals surface area (Å²) < 4.78 is 13.4. The first-order valence-electron chi connectivity index (χ1n) is 5.67. The van der Waals surface area contributed by atoms with Crippen LogP contribution in [0.4, 0.5) is 20.6 Å².